The van der Waals surface area contributed by atoms with Crippen LogP contribution in [-0.2, 0) is 0 Å². The van der Waals surface area contributed by atoms with E-state index in [0.717, 1.165) is 12.8 Å². The van der Waals surface area contributed by atoms with Gasteiger partial charge in [-0.15, -0.1) is 0 Å². The van der Waals surface area contributed by atoms with E-state index < -0.39 is 4.92 Å². The number of hydrogen-bond donors (Lipinski definition) is 1. The predicted octanol–water partition coefficient (Wildman–Crippen LogP) is 4.68. The summed E-state index contributed by atoms with van der Waals surface area (Å²) in [4.78, 5) is 22.3. The highest BCUT2D eigenvalue weighted by molar-refractivity contribution is 6.34. The van der Waals surface area contributed by atoms with E-state index >= 15 is 0 Å². The molecule has 0 aromatic heterocycles. The topological polar surface area (TPSA) is 81.5 Å². The van der Waals surface area contributed by atoms with Crippen molar-refractivity contribution in [2.45, 2.75) is 19.8 Å². The van der Waals surface area contributed by atoms with E-state index in [-0.39, 0.29) is 16.6 Å². The fourth-order valence-electron chi connectivity index (χ4n) is 1.95. The number of nitrogens with one attached hydrogen (secondary N) is 1. The van der Waals surface area contributed by atoms with Crippen molar-refractivity contribution in [3.8, 4) is 5.75 Å². The maximum absolute atomic E-state index is 12.2. The number of amides is 1. The average molecular weight is 349 g/mol. The molecule has 0 saturated carbocycles. The lowest BCUT2D eigenvalue weighted by molar-refractivity contribution is -0.384. The molecule has 1 amide bonds. The van der Waals surface area contributed by atoms with Gasteiger partial charge >= 0.3 is 0 Å². The number of carbonyl (C=O) groups is 1. The summed E-state index contributed by atoms with van der Waals surface area (Å²) >= 11 is 5.96. The smallest absolute Gasteiger partial charge is 0.271 e. The minimum Gasteiger partial charge on any atom is -0.494 e. The van der Waals surface area contributed by atoms with E-state index in [1.54, 1.807) is 24.3 Å². The highest BCUT2D eigenvalue weighted by atomic mass is 35.5. The van der Waals surface area contributed by atoms with Crippen LogP contribution in [0.5, 0.6) is 5.75 Å². The molecule has 0 fully saturated rings. The van der Waals surface area contributed by atoms with Crippen molar-refractivity contribution in [2.75, 3.05) is 11.9 Å². The molecule has 126 valence electrons. The molecule has 0 aliphatic rings. The second-order valence-electron chi connectivity index (χ2n) is 5.10. The van der Waals surface area contributed by atoms with Gasteiger partial charge in [0.15, 0.2) is 0 Å². The third-order valence-corrected chi connectivity index (χ3v) is 3.61. The maximum Gasteiger partial charge on any atom is 0.271 e. The lowest BCUT2D eigenvalue weighted by Crippen LogP contribution is -2.12. The number of unbranched alkanes of at least 4 members (excludes halogenated alkanes) is 1. The molecule has 7 heteroatoms. The van der Waals surface area contributed by atoms with Crippen LogP contribution in [0.15, 0.2) is 42.5 Å². The molecule has 6 nitrogen and oxygen atoms in total. The molecule has 0 heterocycles. The predicted molar refractivity (Wildman–Crippen MR) is 92.9 cm³/mol. The van der Waals surface area contributed by atoms with Gasteiger partial charge in [0, 0.05) is 17.7 Å². The van der Waals surface area contributed by atoms with Crippen LogP contribution < -0.4 is 10.1 Å². The number of non-ortho nitro benzene ring substituents is 1. The summed E-state index contributed by atoms with van der Waals surface area (Å²) in [5.74, 6) is 0.347. The van der Waals surface area contributed by atoms with E-state index in [4.69, 9.17) is 16.3 Å². The second kappa shape index (κ2) is 8.31. The molecule has 0 spiro atoms. The van der Waals surface area contributed by atoms with Crippen LogP contribution in [0.25, 0.3) is 0 Å². The maximum atomic E-state index is 12.2. The summed E-state index contributed by atoms with van der Waals surface area (Å²) in [6.07, 6.45) is 2.03. The lowest BCUT2D eigenvalue weighted by atomic mass is 10.2. The summed E-state index contributed by atoms with van der Waals surface area (Å²) in [5, 5.41) is 13.4. The molecule has 2 rings (SSSR count). The van der Waals surface area contributed by atoms with Crippen LogP contribution >= 0.6 is 11.6 Å². The number of nitrogens with zero attached hydrogens (tertiary/aromatic N) is 1. The molecule has 1 N–H and O–H groups in total. The minimum atomic E-state index is -0.547. The van der Waals surface area contributed by atoms with Crippen molar-refractivity contribution in [1.29, 1.82) is 0 Å². The number of nitro groups is 1. The van der Waals surface area contributed by atoms with Crippen molar-refractivity contribution in [3.63, 3.8) is 0 Å². The zero-order chi connectivity index (χ0) is 17.5. The fraction of sp³-hybridized carbons (Fsp3) is 0.235. The van der Waals surface area contributed by atoms with E-state index in [2.05, 4.69) is 12.2 Å². The van der Waals surface area contributed by atoms with E-state index in [0.29, 0.717) is 23.6 Å². The summed E-state index contributed by atoms with van der Waals surface area (Å²) in [6.45, 7) is 2.72. The molecule has 2 aromatic carbocycles. The van der Waals surface area contributed by atoms with Gasteiger partial charge in [-0.1, -0.05) is 24.9 Å². The SMILES string of the molecule is CCCCOc1ccc(C(=O)Nc2ccc([N+](=O)[O-])cc2Cl)cc1. The number of anilines is 1. The first kappa shape index (κ1) is 17.7. The Morgan fingerprint density at radius 2 is 1.96 bits per heavy atom. The van der Waals surface area contributed by atoms with E-state index in [1.807, 2.05) is 0 Å². The number of nitro benzene ring substituents is 1. The van der Waals surface area contributed by atoms with Gasteiger partial charge < -0.3 is 10.1 Å². The van der Waals surface area contributed by atoms with Crippen LogP contribution in [0.2, 0.25) is 5.02 Å². The zero-order valence-corrected chi connectivity index (χ0v) is 13.9. The number of ether oxygens (including phenoxy) is 1. The first-order valence-corrected chi connectivity index (χ1v) is 7.87. The first-order valence-electron chi connectivity index (χ1n) is 7.49. The third-order valence-electron chi connectivity index (χ3n) is 3.29. The van der Waals surface area contributed by atoms with Crippen molar-refractivity contribution < 1.29 is 14.5 Å². The standard InChI is InChI=1S/C17H17ClN2O4/c1-2-3-10-24-14-7-4-12(5-8-14)17(21)19-16-9-6-13(20(22)23)11-15(16)18/h4-9,11H,2-3,10H2,1H3,(H,19,21). The molecule has 0 unspecified atom stereocenters. The molecule has 0 atom stereocenters. The molecular weight excluding hydrogens is 332 g/mol. The van der Waals surface area contributed by atoms with Crippen LogP contribution in [0.1, 0.15) is 30.1 Å². The zero-order valence-electron chi connectivity index (χ0n) is 13.1. The van der Waals surface area contributed by atoms with Crippen molar-refractivity contribution in [1.82, 2.24) is 0 Å². The van der Waals surface area contributed by atoms with Crippen molar-refractivity contribution in [3.05, 3.63) is 63.2 Å². The Kier molecular flexibility index (Phi) is 6.14. The van der Waals surface area contributed by atoms with E-state index in [9.17, 15) is 14.9 Å². The Labute approximate surface area is 144 Å². The van der Waals surface area contributed by atoms with Gasteiger partial charge in [0.05, 0.1) is 22.2 Å². The van der Waals surface area contributed by atoms with Gasteiger partial charge in [-0.25, -0.2) is 0 Å². The summed E-state index contributed by atoms with van der Waals surface area (Å²) in [7, 11) is 0. The Morgan fingerprint density at radius 1 is 1.25 bits per heavy atom. The summed E-state index contributed by atoms with van der Waals surface area (Å²) in [6, 6.07) is 10.6. The largest absolute Gasteiger partial charge is 0.494 e. The van der Waals surface area contributed by atoms with Crippen LogP contribution in [0.3, 0.4) is 0 Å². The van der Waals surface area contributed by atoms with Gasteiger partial charge in [0.1, 0.15) is 5.75 Å². The average Bonchev–Trinajstić information content (AvgIpc) is 2.57. The van der Waals surface area contributed by atoms with Crippen LogP contribution in [-0.4, -0.2) is 17.4 Å². The summed E-state index contributed by atoms with van der Waals surface area (Å²) in [5.41, 5.74) is 0.620. The number of rotatable bonds is 7. The van der Waals surface area contributed by atoms with Gasteiger partial charge in [-0.05, 0) is 36.8 Å². The Balaban J connectivity index is 2.03. The number of halogens is 1. The molecule has 2 aromatic rings. The molecular formula is C17H17ClN2O4. The van der Waals surface area contributed by atoms with Crippen molar-refractivity contribution >= 4 is 28.9 Å². The second-order valence-corrected chi connectivity index (χ2v) is 5.51. The van der Waals surface area contributed by atoms with Gasteiger partial charge in [0.2, 0.25) is 0 Å². The van der Waals surface area contributed by atoms with Crippen LogP contribution in [0, 0.1) is 10.1 Å². The monoisotopic (exact) mass is 348 g/mol. The van der Waals surface area contributed by atoms with E-state index in [1.165, 1.54) is 18.2 Å². The quantitative estimate of drug-likeness (QED) is 0.447. The molecule has 0 bridgehead atoms. The normalized spacial score (nSPS) is 10.2. The van der Waals surface area contributed by atoms with Gasteiger partial charge in [-0.2, -0.15) is 0 Å². The Bertz CT molecular complexity index is 732. The molecule has 0 aliphatic carbocycles. The minimum absolute atomic E-state index is 0.108. The number of benzene rings is 2. The molecule has 0 aliphatic heterocycles. The van der Waals surface area contributed by atoms with Crippen molar-refractivity contribution in [2.24, 2.45) is 0 Å². The molecule has 24 heavy (non-hydrogen) atoms. The Hall–Kier alpha value is -2.60. The Morgan fingerprint density at radius 3 is 2.54 bits per heavy atom. The fourth-order valence-corrected chi connectivity index (χ4v) is 2.17. The molecule has 0 saturated heterocycles. The lowest BCUT2D eigenvalue weighted by Gasteiger charge is -2.08. The number of carbonyl (C=O) groups excluding carboxylic acids is 1. The highest BCUT2D eigenvalue weighted by Crippen LogP contribution is 2.27. The number of hydrogen-bond acceptors (Lipinski definition) is 4. The summed E-state index contributed by atoms with van der Waals surface area (Å²) < 4.78 is 5.54. The first-order chi connectivity index (χ1) is 11.5. The van der Waals surface area contributed by atoms with Crippen LogP contribution in [0.4, 0.5) is 11.4 Å². The molecule has 0 radical (unpaired) electrons. The highest BCUT2D eigenvalue weighted by Gasteiger charge is 2.12. The van der Waals surface area contributed by atoms with Gasteiger partial charge in [0.25, 0.3) is 11.6 Å². The third kappa shape index (κ3) is 4.70. The van der Waals surface area contributed by atoms with Gasteiger partial charge in [-0.3, -0.25) is 14.9 Å².